The number of hydrogen-bond donors (Lipinski definition) is 0. The van der Waals surface area contributed by atoms with E-state index in [0.29, 0.717) is 28.7 Å². The number of para-hydroxylation sites is 2. The summed E-state index contributed by atoms with van der Waals surface area (Å²) in [6.07, 6.45) is 1.82. The molecule has 0 radical (unpaired) electrons. The fourth-order valence-electron chi connectivity index (χ4n) is 3.81. The van der Waals surface area contributed by atoms with Crippen molar-refractivity contribution in [3.8, 4) is 17.6 Å². The maximum Gasteiger partial charge on any atom is 0.168 e. The van der Waals surface area contributed by atoms with E-state index in [9.17, 15) is 5.26 Å². The lowest BCUT2D eigenvalue weighted by Crippen LogP contribution is -2.00. The molecule has 0 unspecified atom stereocenters. The van der Waals surface area contributed by atoms with Gasteiger partial charge >= 0.3 is 0 Å². The second-order valence-corrected chi connectivity index (χ2v) is 8.49. The smallest absolute Gasteiger partial charge is 0.168 e. The van der Waals surface area contributed by atoms with Gasteiger partial charge in [-0.1, -0.05) is 66.7 Å². The van der Waals surface area contributed by atoms with Gasteiger partial charge in [0.2, 0.25) is 0 Å². The normalized spacial score (nSPS) is 11.5. The molecule has 0 atom stereocenters. The minimum Gasteiger partial charge on any atom is -0.493 e. The van der Waals surface area contributed by atoms with Gasteiger partial charge in [-0.3, -0.25) is 0 Å². The van der Waals surface area contributed by atoms with Gasteiger partial charge in [0.05, 0.1) is 22.9 Å². The number of fused-ring (bicyclic) bond motifs is 2. The van der Waals surface area contributed by atoms with Crippen LogP contribution < -0.4 is 9.47 Å². The third kappa shape index (κ3) is 4.17. The highest BCUT2D eigenvalue weighted by Gasteiger charge is 2.14. The van der Waals surface area contributed by atoms with Crippen molar-refractivity contribution >= 4 is 44.0 Å². The largest absolute Gasteiger partial charge is 0.493 e. The summed E-state index contributed by atoms with van der Waals surface area (Å²) >= 11 is 1.50. The van der Waals surface area contributed by atoms with E-state index in [1.165, 1.54) is 16.7 Å². The van der Waals surface area contributed by atoms with Crippen molar-refractivity contribution in [3.63, 3.8) is 0 Å². The zero-order chi connectivity index (χ0) is 22.6. The number of nitrogens with zero attached hydrogens (tertiary/aromatic N) is 2. The van der Waals surface area contributed by atoms with Crippen molar-refractivity contribution in [3.05, 3.63) is 101 Å². The molecule has 0 saturated carbocycles. The molecule has 4 aromatic carbocycles. The van der Waals surface area contributed by atoms with Crippen LogP contribution in [0.1, 0.15) is 16.1 Å². The van der Waals surface area contributed by atoms with Crippen LogP contribution in [0, 0.1) is 11.3 Å². The molecule has 0 aliphatic heterocycles. The number of nitriles is 1. The molecule has 0 N–H and O–H groups in total. The molecule has 5 heteroatoms. The molecule has 33 heavy (non-hydrogen) atoms. The molecule has 5 rings (SSSR count). The van der Waals surface area contributed by atoms with Crippen LogP contribution in [-0.2, 0) is 6.61 Å². The van der Waals surface area contributed by atoms with E-state index in [1.807, 2.05) is 66.7 Å². The number of rotatable bonds is 6. The van der Waals surface area contributed by atoms with Crippen LogP contribution in [0.2, 0.25) is 0 Å². The summed E-state index contributed by atoms with van der Waals surface area (Å²) in [7, 11) is 1.62. The quantitative estimate of drug-likeness (QED) is 0.260. The SMILES string of the molecule is COc1cccc(C=C(C#N)c2nc3ccccc3s2)c1OCc1cccc2ccccc12. The van der Waals surface area contributed by atoms with Gasteiger partial charge in [-0.25, -0.2) is 4.98 Å². The van der Waals surface area contributed by atoms with E-state index in [2.05, 4.69) is 35.3 Å². The Hall–Kier alpha value is -4.14. The lowest BCUT2D eigenvalue weighted by molar-refractivity contribution is 0.285. The van der Waals surface area contributed by atoms with Gasteiger partial charge in [-0.15, -0.1) is 11.3 Å². The molecule has 0 spiro atoms. The van der Waals surface area contributed by atoms with E-state index in [-0.39, 0.29) is 0 Å². The Morgan fingerprint density at radius 3 is 2.61 bits per heavy atom. The van der Waals surface area contributed by atoms with E-state index in [1.54, 1.807) is 7.11 Å². The first kappa shape index (κ1) is 20.7. The molecule has 0 amide bonds. The summed E-state index contributed by atoms with van der Waals surface area (Å²) in [5, 5.41) is 12.9. The van der Waals surface area contributed by atoms with E-state index in [0.717, 1.165) is 26.7 Å². The van der Waals surface area contributed by atoms with Crippen molar-refractivity contribution in [2.24, 2.45) is 0 Å². The summed E-state index contributed by atoms with van der Waals surface area (Å²) in [5.74, 6) is 1.22. The fourth-order valence-corrected chi connectivity index (χ4v) is 4.75. The van der Waals surface area contributed by atoms with Gasteiger partial charge in [-0.05, 0) is 40.6 Å². The Bertz CT molecular complexity index is 1490. The second kappa shape index (κ2) is 9.15. The summed E-state index contributed by atoms with van der Waals surface area (Å²) in [4.78, 5) is 4.64. The minimum atomic E-state index is 0.381. The maximum atomic E-state index is 9.89. The van der Waals surface area contributed by atoms with Crippen LogP contribution in [-0.4, -0.2) is 12.1 Å². The highest BCUT2D eigenvalue weighted by Crippen LogP contribution is 2.36. The van der Waals surface area contributed by atoms with Gasteiger partial charge in [0.1, 0.15) is 17.7 Å². The lowest BCUT2D eigenvalue weighted by atomic mass is 10.1. The molecule has 0 aliphatic carbocycles. The molecule has 1 heterocycles. The van der Waals surface area contributed by atoms with Crippen LogP contribution in [0.4, 0.5) is 0 Å². The topological polar surface area (TPSA) is 55.1 Å². The number of methoxy groups -OCH3 is 1. The van der Waals surface area contributed by atoms with E-state index < -0.39 is 0 Å². The third-order valence-electron chi connectivity index (χ3n) is 5.43. The zero-order valence-electron chi connectivity index (χ0n) is 18.0. The molecule has 0 fully saturated rings. The highest BCUT2D eigenvalue weighted by molar-refractivity contribution is 7.19. The number of ether oxygens (including phenoxy) is 2. The Kier molecular flexibility index (Phi) is 5.75. The number of aromatic nitrogens is 1. The van der Waals surface area contributed by atoms with Gasteiger partial charge in [-0.2, -0.15) is 5.26 Å². The Morgan fingerprint density at radius 2 is 1.76 bits per heavy atom. The third-order valence-corrected chi connectivity index (χ3v) is 6.50. The molecule has 4 nitrogen and oxygen atoms in total. The molecule has 1 aromatic heterocycles. The van der Waals surface area contributed by atoms with Gasteiger partial charge in [0, 0.05) is 5.56 Å². The maximum absolute atomic E-state index is 9.89. The predicted molar refractivity (Wildman–Crippen MR) is 134 cm³/mol. The predicted octanol–water partition coefficient (Wildman–Crippen LogP) is 7.10. The fraction of sp³-hybridized carbons (Fsp3) is 0.0714. The Balaban J connectivity index is 1.52. The second-order valence-electron chi connectivity index (χ2n) is 7.46. The van der Waals surface area contributed by atoms with Crippen LogP contribution in [0.15, 0.2) is 84.9 Å². The van der Waals surface area contributed by atoms with Crippen molar-refractivity contribution in [2.45, 2.75) is 6.61 Å². The Morgan fingerprint density at radius 1 is 0.970 bits per heavy atom. The number of benzene rings is 4. The average Bonchev–Trinajstić information content (AvgIpc) is 3.30. The lowest BCUT2D eigenvalue weighted by Gasteiger charge is -2.15. The zero-order valence-corrected chi connectivity index (χ0v) is 18.8. The molecular weight excluding hydrogens is 428 g/mol. The first-order chi connectivity index (χ1) is 16.3. The van der Waals surface area contributed by atoms with Crippen molar-refractivity contribution in [1.82, 2.24) is 4.98 Å². The molecule has 0 saturated heterocycles. The summed E-state index contributed by atoms with van der Waals surface area (Å²) < 4.78 is 12.9. The van der Waals surface area contributed by atoms with Crippen molar-refractivity contribution < 1.29 is 9.47 Å². The highest BCUT2D eigenvalue weighted by atomic mass is 32.1. The number of allylic oxidation sites excluding steroid dienone is 1. The first-order valence-corrected chi connectivity index (χ1v) is 11.3. The summed E-state index contributed by atoms with van der Waals surface area (Å²) in [6, 6.07) is 30.3. The van der Waals surface area contributed by atoms with Gasteiger partial charge in [0.15, 0.2) is 11.5 Å². The monoisotopic (exact) mass is 448 g/mol. The molecular formula is C28H20N2O2S. The molecule has 160 valence electrons. The van der Waals surface area contributed by atoms with Crippen LogP contribution in [0.3, 0.4) is 0 Å². The summed E-state index contributed by atoms with van der Waals surface area (Å²) in [5.41, 5.74) is 3.22. The van der Waals surface area contributed by atoms with Gasteiger partial charge in [0.25, 0.3) is 0 Å². The standard InChI is InChI=1S/C28H20N2O2S/c1-31-25-14-7-10-20(16-22(17-29)28-30-24-13-4-5-15-26(24)33-28)27(25)32-18-21-11-6-9-19-8-2-3-12-23(19)21/h2-16H,18H2,1H3. The van der Waals surface area contributed by atoms with Crippen molar-refractivity contribution in [2.75, 3.05) is 7.11 Å². The molecule has 0 bridgehead atoms. The van der Waals surface area contributed by atoms with Gasteiger partial charge < -0.3 is 9.47 Å². The van der Waals surface area contributed by atoms with Crippen molar-refractivity contribution in [1.29, 1.82) is 5.26 Å². The Labute approximate surface area is 196 Å². The van der Waals surface area contributed by atoms with E-state index >= 15 is 0 Å². The molecule has 5 aromatic rings. The van der Waals surface area contributed by atoms with E-state index in [4.69, 9.17) is 9.47 Å². The molecule has 0 aliphatic rings. The average molecular weight is 449 g/mol. The minimum absolute atomic E-state index is 0.381. The number of thiazole rings is 1. The van der Waals surface area contributed by atoms with Crippen LogP contribution >= 0.6 is 11.3 Å². The van der Waals surface area contributed by atoms with Crippen LogP contribution in [0.5, 0.6) is 11.5 Å². The van der Waals surface area contributed by atoms with Crippen LogP contribution in [0.25, 0.3) is 32.6 Å². The number of hydrogen-bond acceptors (Lipinski definition) is 5. The summed E-state index contributed by atoms with van der Waals surface area (Å²) in [6.45, 7) is 0.381. The first-order valence-electron chi connectivity index (χ1n) is 10.5.